The molecule has 1 aliphatic heterocycles. The Balaban J connectivity index is 1.41. The summed E-state index contributed by atoms with van der Waals surface area (Å²) >= 11 is 0. The lowest BCUT2D eigenvalue weighted by Crippen LogP contribution is -2.24. The van der Waals surface area contributed by atoms with Crippen molar-refractivity contribution in [2.75, 3.05) is 18.4 Å². The Morgan fingerprint density at radius 1 is 1.02 bits per heavy atom. The molecule has 0 saturated carbocycles. The fourth-order valence-electron chi connectivity index (χ4n) is 5.35. The zero-order valence-corrected chi connectivity index (χ0v) is 24.3. The molecule has 1 atom stereocenters. The monoisotopic (exact) mass is 576 g/mol. The van der Waals surface area contributed by atoms with E-state index < -0.39 is 11.7 Å². The highest BCUT2D eigenvalue weighted by Crippen LogP contribution is 2.34. The van der Waals surface area contributed by atoms with Crippen molar-refractivity contribution in [3.8, 4) is 5.82 Å². The molecule has 3 heterocycles. The van der Waals surface area contributed by atoms with Crippen LogP contribution in [0.2, 0.25) is 0 Å². The zero-order chi connectivity index (χ0) is 30.0. The Kier molecular flexibility index (Phi) is 8.45. The highest BCUT2D eigenvalue weighted by atomic mass is 19.4. The number of aromatic nitrogens is 4. The van der Waals surface area contributed by atoms with Gasteiger partial charge in [-0.2, -0.15) is 23.0 Å². The molecule has 42 heavy (non-hydrogen) atoms. The fourth-order valence-corrected chi connectivity index (χ4v) is 5.35. The van der Waals surface area contributed by atoms with Gasteiger partial charge in [-0.1, -0.05) is 19.1 Å². The quantitative estimate of drug-likeness (QED) is 0.213. The first kappa shape index (κ1) is 29.4. The number of hydrogen-bond acceptors (Lipinski definition) is 6. The van der Waals surface area contributed by atoms with Gasteiger partial charge in [0.15, 0.2) is 11.6 Å². The van der Waals surface area contributed by atoms with Gasteiger partial charge in [-0.15, -0.1) is 0 Å². The van der Waals surface area contributed by atoms with E-state index in [4.69, 9.17) is 0 Å². The van der Waals surface area contributed by atoms with Crippen molar-refractivity contribution in [2.24, 2.45) is 0 Å². The summed E-state index contributed by atoms with van der Waals surface area (Å²) in [6.07, 6.45) is -0.247. The second-order valence-electron chi connectivity index (χ2n) is 10.9. The van der Waals surface area contributed by atoms with Gasteiger partial charge in [0.25, 0.3) is 0 Å². The van der Waals surface area contributed by atoms with Crippen LogP contribution in [0.4, 0.5) is 24.7 Å². The second kappa shape index (κ2) is 12.1. The van der Waals surface area contributed by atoms with E-state index in [1.54, 1.807) is 10.7 Å². The largest absolute Gasteiger partial charge is 0.416 e. The van der Waals surface area contributed by atoms with Crippen LogP contribution in [0.5, 0.6) is 0 Å². The van der Waals surface area contributed by atoms with Gasteiger partial charge in [0.05, 0.1) is 11.3 Å². The number of alkyl halides is 3. The summed E-state index contributed by atoms with van der Waals surface area (Å²) in [6.45, 7) is 9.44. The number of benzene rings is 2. The van der Waals surface area contributed by atoms with Crippen molar-refractivity contribution in [3.63, 3.8) is 0 Å². The third kappa shape index (κ3) is 6.54. The van der Waals surface area contributed by atoms with Crippen molar-refractivity contribution < 1.29 is 18.0 Å². The van der Waals surface area contributed by atoms with Crippen LogP contribution in [-0.2, 0) is 19.0 Å². The first-order chi connectivity index (χ1) is 20.0. The number of nitrogens with zero attached hydrogens (tertiary/aromatic N) is 5. The summed E-state index contributed by atoms with van der Waals surface area (Å²) in [5.74, 6) is 0.961. The van der Waals surface area contributed by atoms with Gasteiger partial charge < -0.3 is 5.32 Å². The van der Waals surface area contributed by atoms with E-state index in [2.05, 4.69) is 25.3 Å². The SMILES string of the molecule is CCc1cc(-n2nc(C)cc2Nc2cc(CC(=O)c3cc([C@@H](C)N4CCCC4)cc(C(F)(F)F)c3)ccc2C)ncn1. The van der Waals surface area contributed by atoms with E-state index in [1.807, 2.05) is 58.0 Å². The topological polar surface area (TPSA) is 75.9 Å². The maximum atomic E-state index is 13.8. The van der Waals surface area contributed by atoms with Crippen LogP contribution in [0, 0.1) is 13.8 Å². The highest BCUT2D eigenvalue weighted by Gasteiger charge is 2.33. The van der Waals surface area contributed by atoms with Crippen LogP contribution in [0.15, 0.2) is 54.9 Å². The van der Waals surface area contributed by atoms with Crippen molar-refractivity contribution in [1.82, 2.24) is 24.6 Å². The summed E-state index contributed by atoms with van der Waals surface area (Å²) in [6, 6.07) is 13.0. The van der Waals surface area contributed by atoms with Gasteiger partial charge >= 0.3 is 6.18 Å². The molecule has 2 aromatic heterocycles. The molecule has 4 aromatic rings. The standard InChI is InChI=1S/C32H35F3N6O/c1-5-27-18-30(37-19-36-27)41-31(12-21(3)39-41)38-28-13-23(9-8-20(28)2)14-29(42)25-15-24(16-26(17-25)32(33,34)35)22(4)40-10-6-7-11-40/h8-9,12-13,15-19,22,38H,5-7,10-11,14H2,1-4H3/t22-/m1/s1. The number of anilines is 2. The maximum absolute atomic E-state index is 13.8. The van der Waals surface area contributed by atoms with E-state index >= 15 is 0 Å². The van der Waals surface area contributed by atoms with Gasteiger partial charge in [-0.3, -0.25) is 9.69 Å². The van der Waals surface area contributed by atoms with Crippen LogP contribution < -0.4 is 5.32 Å². The molecule has 0 bridgehead atoms. The molecular weight excluding hydrogens is 541 g/mol. The lowest BCUT2D eigenvalue weighted by Gasteiger charge is -2.25. The third-order valence-electron chi connectivity index (χ3n) is 7.82. The molecule has 1 fully saturated rings. The normalized spacial score (nSPS) is 14.7. The van der Waals surface area contributed by atoms with Crippen molar-refractivity contribution in [1.29, 1.82) is 0 Å². The van der Waals surface area contributed by atoms with Crippen LogP contribution in [0.25, 0.3) is 5.82 Å². The van der Waals surface area contributed by atoms with E-state index in [-0.39, 0.29) is 23.8 Å². The summed E-state index contributed by atoms with van der Waals surface area (Å²) in [5.41, 5.74) is 3.88. The molecule has 0 unspecified atom stereocenters. The number of hydrogen-bond donors (Lipinski definition) is 1. The number of carbonyl (C=O) groups excluding carboxylic acids is 1. The fraction of sp³-hybridized carbons (Fsp3) is 0.375. The highest BCUT2D eigenvalue weighted by molar-refractivity contribution is 5.98. The number of halogens is 3. The Bertz CT molecular complexity index is 1590. The predicted octanol–water partition coefficient (Wildman–Crippen LogP) is 7.19. The number of carbonyl (C=O) groups is 1. The van der Waals surface area contributed by atoms with E-state index in [0.717, 1.165) is 61.1 Å². The minimum Gasteiger partial charge on any atom is -0.340 e. The van der Waals surface area contributed by atoms with Gasteiger partial charge in [0.2, 0.25) is 0 Å². The summed E-state index contributed by atoms with van der Waals surface area (Å²) in [5, 5.41) is 8.00. The lowest BCUT2D eigenvalue weighted by molar-refractivity contribution is -0.137. The van der Waals surface area contributed by atoms with Crippen LogP contribution >= 0.6 is 0 Å². The first-order valence-electron chi connectivity index (χ1n) is 14.3. The number of aryl methyl sites for hydroxylation is 3. The lowest BCUT2D eigenvalue weighted by atomic mass is 9.95. The maximum Gasteiger partial charge on any atom is 0.416 e. The number of nitrogens with one attached hydrogen (secondary N) is 1. The summed E-state index contributed by atoms with van der Waals surface area (Å²) < 4.78 is 43.2. The third-order valence-corrected chi connectivity index (χ3v) is 7.82. The molecule has 0 aliphatic carbocycles. The molecule has 220 valence electrons. The van der Waals surface area contributed by atoms with Crippen LogP contribution in [0.1, 0.15) is 76.7 Å². The van der Waals surface area contributed by atoms with E-state index in [1.165, 1.54) is 12.4 Å². The van der Waals surface area contributed by atoms with E-state index in [0.29, 0.717) is 22.8 Å². The summed E-state index contributed by atoms with van der Waals surface area (Å²) in [7, 11) is 0. The van der Waals surface area contributed by atoms with E-state index in [9.17, 15) is 18.0 Å². The van der Waals surface area contributed by atoms with Crippen molar-refractivity contribution in [2.45, 2.75) is 65.6 Å². The molecular formula is C32H35F3N6O. The number of rotatable bonds is 9. The zero-order valence-electron chi connectivity index (χ0n) is 24.3. The number of likely N-dealkylation sites (tertiary alicyclic amines) is 1. The number of Topliss-reactive ketones (excluding diaryl/α,β-unsaturated/α-hetero) is 1. The summed E-state index contributed by atoms with van der Waals surface area (Å²) in [4.78, 5) is 24.2. The minimum absolute atomic E-state index is 0.0299. The van der Waals surface area contributed by atoms with Gasteiger partial charge in [-0.25, -0.2) is 9.97 Å². The number of ketones is 1. The molecule has 1 N–H and O–H groups in total. The molecule has 1 aliphatic rings. The van der Waals surface area contributed by atoms with Gasteiger partial charge in [-0.05, 0) is 94.1 Å². The smallest absolute Gasteiger partial charge is 0.340 e. The van der Waals surface area contributed by atoms with Crippen molar-refractivity contribution >= 4 is 17.3 Å². The van der Waals surface area contributed by atoms with Crippen LogP contribution in [0.3, 0.4) is 0 Å². The van der Waals surface area contributed by atoms with Gasteiger partial charge in [0, 0.05) is 41.5 Å². The molecule has 7 nitrogen and oxygen atoms in total. The Morgan fingerprint density at radius 2 is 1.79 bits per heavy atom. The van der Waals surface area contributed by atoms with Crippen molar-refractivity contribution in [3.05, 3.63) is 94.1 Å². The molecule has 1 saturated heterocycles. The average molecular weight is 577 g/mol. The molecule has 10 heteroatoms. The minimum atomic E-state index is -4.54. The Hall–Kier alpha value is -4.05. The molecule has 0 amide bonds. The molecule has 5 rings (SSSR count). The first-order valence-corrected chi connectivity index (χ1v) is 14.3. The second-order valence-corrected chi connectivity index (χ2v) is 10.9. The molecule has 2 aromatic carbocycles. The molecule has 0 radical (unpaired) electrons. The Labute approximate surface area is 243 Å². The molecule has 0 spiro atoms. The average Bonchev–Trinajstić information content (AvgIpc) is 3.64. The van der Waals surface area contributed by atoms with Gasteiger partial charge in [0.1, 0.15) is 12.1 Å². The Morgan fingerprint density at radius 3 is 2.50 bits per heavy atom. The predicted molar refractivity (Wildman–Crippen MR) is 156 cm³/mol. The van der Waals surface area contributed by atoms with Crippen LogP contribution in [-0.4, -0.2) is 43.5 Å².